The molecule has 0 bridgehead atoms. The number of hydrogen-bond acceptors (Lipinski definition) is 4. The molecule has 0 atom stereocenters. The molecule has 0 unspecified atom stereocenters. The van der Waals surface area contributed by atoms with Gasteiger partial charge < -0.3 is 0 Å². The Balaban J connectivity index is 2.03. The summed E-state index contributed by atoms with van der Waals surface area (Å²) in [5.41, 5.74) is 0. The molecular weight excluding hydrogens is 240 g/mol. The maximum absolute atomic E-state index is 5.17. The van der Waals surface area contributed by atoms with Crippen molar-refractivity contribution in [3.63, 3.8) is 0 Å². The van der Waals surface area contributed by atoms with Gasteiger partial charge in [-0.15, -0.1) is 11.3 Å². The first-order valence-corrected chi connectivity index (χ1v) is 6.63. The van der Waals surface area contributed by atoms with Crippen LogP contribution in [0.1, 0.15) is 30.7 Å². The number of rotatable bonds is 3. The van der Waals surface area contributed by atoms with Crippen molar-refractivity contribution in [3.8, 4) is 10.7 Å². The van der Waals surface area contributed by atoms with Crippen LogP contribution in [-0.2, 0) is 6.54 Å². The maximum atomic E-state index is 5.17. The van der Waals surface area contributed by atoms with Gasteiger partial charge >= 0.3 is 0 Å². The number of nitrogens with one attached hydrogen (secondary N) is 1. The molecule has 2 aromatic heterocycles. The summed E-state index contributed by atoms with van der Waals surface area (Å²) in [5.74, 6) is 1.62. The molecule has 0 aliphatic heterocycles. The minimum Gasteiger partial charge on any atom is -0.300 e. The molecule has 1 aliphatic rings. The van der Waals surface area contributed by atoms with Gasteiger partial charge in [0.05, 0.1) is 9.88 Å². The van der Waals surface area contributed by atoms with Crippen molar-refractivity contribution in [2.75, 3.05) is 0 Å². The molecule has 0 aromatic carbocycles. The second kappa shape index (κ2) is 3.78. The number of aromatic amines is 1. The molecule has 0 radical (unpaired) electrons. The minimum absolute atomic E-state index is 0.680. The van der Waals surface area contributed by atoms with Gasteiger partial charge in [0.1, 0.15) is 0 Å². The molecule has 0 amide bonds. The van der Waals surface area contributed by atoms with E-state index < -0.39 is 0 Å². The summed E-state index contributed by atoms with van der Waals surface area (Å²) in [6.45, 7) is 2.90. The summed E-state index contributed by atoms with van der Waals surface area (Å²) in [6, 6.07) is 0. The minimum atomic E-state index is 0.680. The highest BCUT2D eigenvalue weighted by Gasteiger charge is 2.27. The molecule has 1 saturated carbocycles. The third-order valence-electron chi connectivity index (χ3n) is 2.75. The molecule has 3 rings (SSSR count). The van der Waals surface area contributed by atoms with Gasteiger partial charge in [-0.3, -0.25) is 9.67 Å². The normalized spacial score (nSPS) is 15.6. The largest absolute Gasteiger partial charge is 0.300 e. The summed E-state index contributed by atoms with van der Waals surface area (Å²) in [5, 5.41) is 8.34. The van der Waals surface area contributed by atoms with Crippen molar-refractivity contribution in [1.29, 1.82) is 0 Å². The van der Waals surface area contributed by atoms with Crippen LogP contribution in [0.2, 0.25) is 0 Å². The smallest absolute Gasteiger partial charge is 0.195 e. The van der Waals surface area contributed by atoms with Crippen molar-refractivity contribution in [1.82, 2.24) is 19.7 Å². The van der Waals surface area contributed by atoms with E-state index in [1.54, 1.807) is 11.3 Å². The third-order valence-corrected chi connectivity index (χ3v) is 4.21. The van der Waals surface area contributed by atoms with Gasteiger partial charge in [0.25, 0.3) is 0 Å². The van der Waals surface area contributed by atoms with E-state index in [0.29, 0.717) is 10.7 Å². The second-order valence-electron chi connectivity index (χ2n) is 3.93. The lowest BCUT2D eigenvalue weighted by Crippen LogP contribution is -1.96. The first-order valence-electron chi connectivity index (χ1n) is 5.41. The van der Waals surface area contributed by atoms with Gasteiger partial charge in [-0.25, -0.2) is 4.98 Å². The Morgan fingerprint density at radius 3 is 3.12 bits per heavy atom. The molecule has 0 spiro atoms. The van der Waals surface area contributed by atoms with Gasteiger partial charge in [0, 0.05) is 18.7 Å². The summed E-state index contributed by atoms with van der Waals surface area (Å²) >= 11 is 6.91. The van der Waals surface area contributed by atoms with E-state index in [1.807, 2.05) is 10.8 Å². The zero-order valence-corrected chi connectivity index (χ0v) is 10.6. The predicted octanol–water partition coefficient (Wildman–Crippen LogP) is 2.96. The quantitative estimate of drug-likeness (QED) is 0.854. The standard InChI is InChI=1S/C10H12N4S2/c1-2-14-8(12-13-10(14)15)7-5-11-9(16-7)6-3-4-6/h5-6H,2-4H2,1H3,(H,13,15). The fourth-order valence-corrected chi connectivity index (χ4v) is 3.06. The molecule has 16 heavy (non-hydrogen) atoms. The van der Waals surface area contributed by atoms with Crippen molar-refractivity contribution >= 4 is 23.6 Å². The Hall–Kier alpha value is -1.01. The van der Waals surface area contributed by atoms with Gasteiger partial charge in [-0.2, -0.15) is 5.10 Å². The van der Waals surface area contributed by atoms with Gasteiger partial charge in [0.2, 0.25) is 0 Å². The van der Waals surface area contributed by atoms with E-state index in [0.717, 1.165) is 17.2 Å². The van der Waals surface area contributed by atoms with Crippen LogP contribution in [-0.4, -0.2) is 19.7 Å². The van der Waals surface area contributed by atoms with E-state index >= 15 is 0 Å². The molecular formula is C10H12N4S2. The molecule has 2 heterocycles. The highest BCUT2D eigenvalue weighted by molar-refractivity contribution is 7.71. The van der Waals surface area contributed by atoms with Crippen molar-refractivity contribution in [2.45, 2.75) is 32.2 Å². The highest BCUT2D eigenvalue weighted by atomic mass is 32.1. The second-order valence-corrected chi connectivity index (χ2v) is 5.38. The molecule has 0 saturated heterocycles. The highest BCUT2D eigenvalue weighted by Crippen LogP contribution is 2.43. The van der Waals surface area contributed by atoms with Crippen molar-refractivity contribution < 1.29 is 0 Å². The summed E-state index contributed by atoms with van der Waals surface area (Å²) in [7, 11) is 0. The number of aromatic nitrogens is 4. The monoisotopic (exact) mass is 252 g/mol. The summed E-state index contributed by atoms with van der Waals surface area (Å²) in [4.78, 5) is 5.56. The molecule has 6 heteroatoms. The van der Waals surface area contributed by atoms with Crippen LogP contribution in [0.3, 0.4) is 0 Å². The lowest BCUT2D eigenvalue weighted by molar-refractivity contribution is 0.756. The van der Waals surface area contributed by atoms with E-state index in [-0.39, 0.29) is 0 Å². The van der Waals surface area contributed by atoms with E-state index in [2.05, 4.69) is 22.1 Å². The topological polar surface area (TPSA) is 46.5 Å². The Bertz CT molecular complexity index is 561. The number of H-pyrrole nitrogens is 1. The fourth-order valence-electron chi connectivity index (χ4n) is 1.71. The van der Waals surface area contributed by atoms with Crippen LogP contribution in [0.4, 0.5) is 0 Å². The summed E-state index contributed by atoms with van der Waals surface area (Å²) in [6.07, 6.45) is 4.48. The van der Waals surface area contributed by atoms with Crippen molar-refractivity contribution in [2.24, 2.45) is 0 Å². The van der Waals surface area contributed by atoms with Gasteiger partial charge in [-0.1, -0.05) is 0 Å². The molecule has 1 aliphatic carbocycles. The molecule has 1 N–H and O–H groups in total. The Labute approximate surface area is 102 Å². The molecule has 84 valence electrons. The Morgan fingerprint density at radius 1 is 1.62 bits per heavy atom. The van der Waals surface area contributed by atoms with Crippen molar-refractivity contribution in [3.05, 3.63) is 16.0 Å². The zero-order valence-electron chi connectivity index (χ0n) is 8.93. The van der Waals surface area contributed by atoms with Crippen LogP contribution >= 0.6 is 23.6 Å². The first kappa shape index (κ1) is 10.2. The fraction of sp³-hybridized carbons (Fsp3) is 0.500. The van der Waals surface area contributed by atoms with Gasteiger partial charge in [0.15, 0.2) is 10.6 Å². The lowest BCUT2D eigenvalue weighted by atomic mass is 10.4. The zero-order chi connectivity index (χ0) is 11.1. The van der Waals surface area contributed by atoms with E-state index in [4.69, 9.17) is 12.2 Å². The number of thiazole rings is 1. The average Bonchev–Trinajstić information content (AvgIpc) is 2.90. The van der Waals surface area contributed by atoms with Crippen LogP contribution in [0.25, 0.3) is 10.7 Å². The molecule has 2 aromatic rings. The number of nitrogens with zero attached hydrogens (tertiary/aromatic N) is 3. The Morgan fingerprint density at radius 2 is 2.44 bits per heavy atom. The van der Waals surface area contributed by atoms with Crippen LogP contribution in [0.5, 0.6) is 0 Å². The SMILES string of the molecule is CCn1c(-c2cnc(C3CC3)s2)n[nH]c1=S. The molecule has 4 nitrogen and oxygen atoms in total. The van der Waals surface area contributed by atoms with Crippen LogP contribution < -0.4 is 0 Å². The number of hydrogen-bond donors (Lipinski definition) is 1. The average molecular weight is 252 g/mol. The summed E-state index contributed by atoms with van der Waals surface area (Å²) < 4.78 is 2.68. The van der Waals surface area contributed by atoms with Gasteiger partial charge in [-0.05, 0) is 32.0 Å². The first-order chi connectivity index (χ1) is 7.79. The van der Waals surface area contributed by atoms with E-state index in [9.17, 15) is 0 Å². The van der Waals surface area contributed by atoms with Crippen LogP contribution in [0.15, 0.2) is 6.20 Å². The molecule has 1 fully saturated rings. The maximum Gasteiger partial charge on any atom is 0.195 e. The van der Waals surface area contributed by atoms with Crippen LogP contribution in [0, 0.1) is 4.77 Å². The van der Waals surface area contributed by atoms with E-state index in [1.165, 1.54) is 17.8 Å². The Kier molecular flexibility index (Phi) is 2.40. The third kappa shape index (κ3) is 1.62. The predicted molar refractivity (Wildman–Crippen MR) is 66.2 cm³/mol. The lowest BCUT2D eigenvalue weighted by Gasteiger charge is -1.98.